The number of nitrogens with two attached hydrogens (primary N) is 1. The van der Waals surface area contributed by atoms with E-state index in [2.05, 4.69) is 0 Å². The molecule has 0 atom stereocenters. The van der Waals surface area contributed by atoms with Gasteiger partial charge in [0, 0.05) is 0 Å². The highest BCUT2D eigenvalue weighted by Crippen LogP contribution is 2.18. The molecule has 1 amide bonds. The third-order valence-corrected chi connectivity index (χ3v) is 1.71. The molecule has 1 aromatic rings. The molecule has 0 aliphatic carbocycles. The van der Waals surface area contributed by atoms with Crippen molar-refractivity contribution in [1.82, 2.24) is 5.43 Å². The zero-order chi connectivity index (χ0) is 9.14. The summed E-state index contributed by atoms with van der Waals surface area (Å²) in [5.74, 6) is 3.59. The van der Waals surface area contributed by atoms with Crippen molar-refractivity contribution in [2.75, 3.05) is 0 Å². The lowest BCUT2D eigenvalue weighted by molar-refractivity contribution is 0.0953. The van der Waals surface area contributed by atoms with Gasteiger partial charge in [-0.25, -0.2) is 10.2 Å². The van der Waals surface area contributed by atoms with Crippen molar-refractivity contribution in [3.8, 4) is 0 Å². The van der Waals surface area contributed by atoms with Gasteiger partial charge >= 0.3 is 0 Å². The molecule has 0 radical (unpaired) electrons. The lowest BCUT2D eigenvalue weighted by Crippen LogP contribution is -2.30. The van der Waals surface area contributed by atoms with Crippen LogP contribution in [-0.2, 0) is 0 Å². The molecule has 0 bridgehead atoms. The Kier molecular flexibility index (Phi) is 2.62. The van der Waals surface area contributed by atoms with Gasteiger partial charge in [0.1, 0.15) is 5.82 Å². The lowest BCUT2D eigenvalue weighted by atomic mass is 10.2. The first-order valence-electron chi connectivity index (χ1n) is 3.11. The van der Waals surface area contributed by atoms with Crippen LogP contribution in [0.3, 0.4) is 0 Å². The van der Waals surface area contributed by atoms with Gasteiger partial charge in [-0.2, -0.15) is 0 Å². The first kappa shape index (κ1) is 8.96. The van der Waals surface area contributed by atoms with Crippen LogP contribution in [0.4, 0.5) is 4.39 Å². The molecule has 0 heterocycles. The highest BCUT2D eigenvalue weighted by atomic mass is 35.5. The van der Waals surface area contributed by atoms with Gasteiger partial charge < -0.3 is 0 Å². The second-order valence-corrected chi connectivity index (χ2v) is 2.45. The summed E-state index contributed by atoms with van der Waals surface area (Å²) in [4.78, 5) is 10.9. The summed E-state index contributed by atoms with van der Waals surface area (Å²) in [5.41, 5.74) is 1.89. The summed E-state index contributed by atoms with van der Waals surface area (Å²) in [6.07, 6.45) is 0. The molecule has 0 aromatic heterocycles. The molecule has 0 aliphatic rings. The number of amides is 1. The van der Waals surface area contributed by atoms with Crippen LogP contribution in [0.25, 0.3) is 0 Å². The minimum absolute atomic E-state index is 0.0270. The molecule has 0 saturated heterocycles. The summed E-state index contributed by atoms with van der Waals surface area (Å²) in [6.45, 7) is 0. The SMILES string of the molecule is NNC(=O)c1cccc(F)c1Cl. The zero-order valence-corrected chi connectivity index (χ0v) is 6.73. The van der Waals surface area contributed by atoms with E-state index in [9.17, 15) is 9.18 Å². The maximum absolute atomic E-state index is 12.7. The van der Waals surface area contributed by atoms with E-state index in [1.165, 1.54) is 12.1 Å². The van der Waals surface area contributed by atoms with E-state index in [1.807, 2.05) is 5.43 Å². The number of benzene rings is 1. The van der Waals surface area contributed by atoms with E-state index in [1.54, 1.807) is 0 Å². The number of rotatable bonds is 1. The number of hydrogen-bond acceptors (Lipinski definition) is 2. The van der Waals surface area contributed by atoms with E-state index in [0.717, 1.165) is 6.07 Å². The Morgan fingerprint density at radius 3 is 2.83 bits per heavy atom. The van der Waals surface area contributed by atoms with Crippen molar-refractivity contribution in [2.24, 2.45) is 5.84 Å². The zero-order valence-electron chi connectivity index (χ0n) is 5.97. The number of carbonyl (C=O) groups is 1. The third-order valence-electron chi connectivity index (χ3n) is 1.33. The van der Waals surface area contributed by atoms with Crippen molar-refractivity contribution in [1.29, 1.82) is 0 Å². The van der Waals surface area contributed by atoms with E-state index in [0.29, 0.717) is 0 Å². The van der Waals surface area contributed by atoms with Gasteiger partial charge in [0.15, 0.2) is 0 Å². The van der Waals surface area contributed by atoms with Gasteiger partial charge in [0.25, 0.3) is 5.91 Å². The largest absolute Gasteiger partial charge is 0.290 e. The van der Waals surface area contributed by atoms with Crippen LogP contribution in [0.5, 0.6) is 0 Å². The van der Waals surface area contributed by atoms with Gasteiger partial charge in [0.2, 0.25) is 0 Å². The molecule has 0 aliphatic heterocycles. The van der Waals surface area contributed by atoms with E-state index >= 15 is 0 Å². The van der Waals surface area contributed by atoms with Crippen molar-refractivity contribution in [2.45, 2.75) is 0 Å². The minimum atomic E-state index is -0.641. The van der Waals surface area contributed by atoms with Gasteiger partial charge in [-0.05, 0) is 12.1 Å². The molecule has 12 heavy (non-hydrogen) atoms. The Labute approximate surface area is 73.3 Å². The first-order chi connectivity index (χ1) is 5.66. The fourth-order valence-electron chi connectivity index (χ4n) is 0.757. The number of hydrazine groups is 1. The van der Waals surface area contributed by atoms with Gasteiger partial charge in [-0.3, -0.25) is 10.2 Å². The van der Waals surface area contributed by atoms with Crippen LogP contribution in [0.2, 0.25) is 5.02 Å². The summed E-state index contributed by atoms with van der Waals surface area (Å²) in [7, 11) is 0. The van der Waals surface area contributed by atoms with Gasteiger partial charge in [0.05, 0.1) is 10.6 Å². The maximum Gasteiger partial charge on any atom is 0.266 e. The molecular weight excluding hydrogens is 183 g/mol. The number of nitrogens with one attached hydrogen (secondary N) is 1. The summed E-state index contributed by atoms with van der Waals surface area (Å²) in [5, 5.41) is -0.222. The molecule has 5 heteroatoms. The van der Waals surface area contributed by atoms with Crippen LogP contribution >= 0.6 is 11.6 Å². The second kappa shape index (κ2) is 3.51. The Morgan fingerprint density at radius 2 is 2.25 bits per heavy atom. The topological polar surface area (TPSA) is 55.1 Å². The normalized spacial score (nSPS) is 9.58. The number of nitrogen functional groups attached to an aromatic ring is 1. The Hall–Kier alpha value is -1.13. The van der Waals surface area contributed by atoms with Crippen LogP contribution in [0.15, 0.2) is 18.2 Å². The highest BCUT2D eigenvalue weighted by Gasteiger charge is 2.11. The van der Waals surface area contributed by atoms with E-state index < -0.39 is 11.7 Å². The van der Waals surface area contributed by atoms with Crippen LogP contribution in [-0.4, -0.2) is 5.91 Å². The third kappa shape index (κ3) is 1.54. The fraction of sp³-hybridized carbons (Fsp3) is 0. The van der Waals surface area contributed by atoms with Crippen molar-refractivity contribution >= 4 is 17.5 Å². The molecule has 0 unspecified atom stereocenters. The van der Waals surface area contributed by atoms with E-state index in [4.69, 9.17) is 17.4 Å². The molecule has 3 N–H and O–H groups in total. The highest BCUT2D eigenvalue weighted by molar-refractivity contribution is 6.33. The molecule has 3 nitrogen and oxygen atoms in total. The lowest BCUT2D eigenvalue weighted by Gasteiger charge is -2.01. The quantitative estimate of drug-likeness (QED) is 0.394. The molecule has 64 valence electrons. The smallest absolute Gasteiger partial charge is 0.266 e. The second-order valence-electron chi connectivity index (χ2n) is 2.07. The number of carbonyl (C=O) groups excluding carboxylic acids is 1. The number of hydrogen-bond donors (Lipinski definition) is 2. The Balaban J connectivity index is 3.16. The number of halogens is 2. The molecule has 0 fully saturated rings. The van der Waals surface area contributed by atoms with Crippen LogP contribution in [0, 0.1) is 5.82 Å². The molecule has 0 saturated carbocycles. The van der Waals surface area contributed by atoms with Crippen molar-refractivity contribution in [3.63, 3.8) is 0 Å². The van der Waals surface area contributed by atoms with Crippen LogP contribution in [0.1, 0.15) is 10.4 Å². The predicted molar refractivity (Wildman–Crippen MR) is 43.1 cm³/mol. The Bertz CT molecular complexity index is 316. The molecule has 0 spiro atoms. The molecular formula is C7H6ClFN2O. The molecule has 1 aromatic carbocycles. The average Bonchev–Trinajstić information content (AvgIpc) is 2.08. The Morgan fingerprint density at radius 1 is 1.58 bits per heavy atom. The first-order valence-corrected chi connectivity index (χ1v) is 3.49. The van der Waals surface area contributed by atoms with E-state index in [-0.39, 0.29) is 10.6 Å². The monoisotopic (exact) mass is 188 g/mol. The van der Waals surface area contributed by atoms with Crippen molar-refractivity contribution < 1.29 is 9.18 Å². The fourth-order valence-corrected chi connectivity index (χ4v) is 0.969. The standard InChI is InChI=1S/C7H6ClFN2O/c8-6-4(7(12)11-10)2-1-3-5(6)9/h1-3H,10H2,(H,11,12). The van der Waals surface area contributed by atoms with Gasteiger partial charge in [-0.15, -0.1) is 0 Å². The summed E-state index contributed by atoms with van der Waals surface area (Å²) >= 11 is 5.48. The van der Waals surface area contributed by atoms with Crippen LogP contribution < -0.4 is 11.3 Å². The summed E-state index contributed by atoms with van der Waals surface area (Å²) in [6, 6.07) is 3.93. The van der Waals surface area contributed by atoms with Crippen molar-refractivity contribution in [3.05, 3.63) is 34.6 Å². The van der Waals surface area contributed by atoms with Gasteiger partial charge in [-0.1, -0.05) is 17.7 Å². The predicted octanol–water partition coefficient (Wildman–Crippen LogP) is 1.08. The summed E-state index contributed by atoms with van der Waals surface area (Å²) < 4.78 is 12.7. The maximum atomic E-state index is 12.7. The minimum Gasteiger partial charge on any atom is -0.290 e. The average molecular weight is 189 g/mol. The molecule has 1 rings (SSSR count).